The molecular weight excluding hydrogens is 360 g/mol. The molecule has 0 N–H and O–H groups in total. The first-order valence-corrected chi connectivity index (χ1v) is 7.82. The van der Waals surface area contributed by atoms with Crippen LogP contribution in [0.1, 0.15) is 39.5 Å². The van der Waals surface area contributed by atoms with Gasteiger partial charge in [0, 0.05) is 5.92 Å². The first-order chi connectivity index (χ1) is 12.0. The predicted molar refractivity (Wildman–Crippen MR) is 82.4 cm³/mol. The van der Waals surface area contributed by atoms with E-state index in [1.54, 1.807) is 0 Å². The van der Waals surface area contributed by atoms with Crippen LogP contribution in [0.3, 0.4) is 0 Å². The second-order valence-electron chi connectivity index (χ2n) is 6.31. The zero-order chi connectivity index (χ0) is 20.1. The summed E-state index contributed by atoms with van der Waals surface area (Å²) in [7, 11) is 0. The Labute approximate surface area is 147 Å². The molecule has 14 nitrogen and oxygen atoms in total. The molecule has 1 fully saturated rings. The van der Waals surface area contributed by atoms with Crippen molar-refractivity contribution in [1.29, 1.82) is 0 Å². The molecule has 26 heavy (non-hydrogen) atoms. The average Bonchev–Trinajstić information content (AvgIpc) is 3.37. The molecule has 0 heterocycles. The van der Waals surface area contributed by atoms with Gasteiger partial charge < -0.3 is 9.47 Å². The minimum atomic E-state index is -2.62. The van der Waals surface area contributed by atoms with Crippen LogP contribution in [0.4, 0.5) is 0 Å². The van der Waals surface area contributed by atoms with E-state index >= 15 is 0 Å². The molecule has 1 aliphatic rings. The van der Waals surface area contributed by atoms with E-state index in [2.05, 4.69) is 0 Å². The van der Waals surface area contributed by atoms with Crippen LogP contribution in [0.5, 0.6) is 0 Å². The minimum absolute atomic E-state index is 0.154. The van der Waals surface area contributed by atoms with E-state index in [0.717, 1.165) is 6.92 Å². The maximum atomic E-state index is 11.2. The lowest BCUT2D eigenvalue weighted by Crippen LogP contribution is -2.52. The molecule has 0 saturated heterocycles. The summed E-state index contributed by atoms with van der Waals surface area (Å²) in [6, 6.07) is 0. The quantitative estimate of drug-likeness (QED) is 0.253. The maximum Gasteiger partial charge on any atom is 0.480 e. The topological polar surface area (TPSA) is 191 Å². The van der Waals surface area contributed by atoms with E-state index in [0.29, 0.717) is 12.8 Å². The van der Waals surface area contributed by atoms with Gasteiger partial charge in [-0.1, -0.05) is 6.92 Å². The summed E-state index contributed by atoms with van der Waals surface area (Å²) in [5.41, 5.74) is -5.19. The van der Waals surface area contributed by atoms with Gasteiger partial charge in [0.15, 0.2) is 19.5 Å². The third-order valence-electron chi connectivity index (χ3n) is 4.12. The van der Waals surface area contributed by atoms with Gasteiger partial charge in [-0.3, -0.25) is 40.5 Å². The van der Waals surface area contributed by atoms with E-state index in [9.17, 15) is 40.5 Å². The lowest BCUT2D eigenvalue weighted by atomic mass is 10.1. The third-order valence-corrected chi connectivity index (χ3v) is 4.12. The van der Waals surface area contributed by atoms with Gasteiger partial charge in [0.05, 0.1) is 13.3 Å². The summed E-state index contributed by atoms with van der Waals surface area (Å²) in [6.45, 7) is 0.449. The fourth-order valence-corrected chi connectivity index (χ4v) is 2.14. The van der Waals surface area contributed by atoms with Crippen LogP contribution in [-0.2, 0) is 9.47 Å². The number of nitrogens with zero attached hydrogens (tertiary/aromatic N) is 4. The number of rotatable bonds is 13. The number of hydrogen-bond donors (Lipinski definition) is 0. The predicted octanol–water partition coefficient (Wildman–Crippen LogP) is 1.08. The molecule has 0 amide bonds. The van der Waals surface area contributed by atoms with Gasteiger partial charge in [0.2, 0.25) is 0 Å². The molecule has 1 unspecified atom stereocenters. The normalized spacial score (nSPS) is 16.1. The van der Waals surface area contributed by atoms with Crippen LogP contribution in [0.15, 0.2) is 0 Å². The first kappa shape index (κ1) is 21.6. The molecule has 0 aliphatic heterocycles. The average molecular weight is 380 g/mol. The lowest BCUT2D eigenvalue weighted by molar-refractivity contribution is -0.801. The summed E-state index contributed by atoms with van der Waals surface area (Å²) >= 11 is 0. The Bertz CT molecular complexity index is 550. The van der Waals surface area contributed by atoms with Crippen molar-refractivity contribution in [3.05, 3.63) is 40.5 Å². The molecule has 0 aromatic rings. The summed E-state index contributed by atoms with van der Waals surface area (Å²) < 4.78 is 10.3. The Morgan fingerprint density at radius 3 is 1.73 bits per heavy atom. The van der Waals surface area contributed by atoms with Crippen LogP contribution in [0.25, 0.3) is 0 Å². The zero-order valence-electron chi connectivity index (χ0n) is 14.3. The Hall–Kier alpha value is -2.48. The molecule has 1 rings (SSSR count). The molecule has 0 radical (unpaired) electrons. The van der Waals surface area contributed by atoms with E-state index < -0.39 is 50.5 Å². The fourth-order valence-electron chi connectivity index (χ4n) is 2.14. The van der Waals surface area contributed by atoms with Gasteiger partial charge >= 0.3 is 11.3 Å². The van der Waals surface area contributed by atoms with Gasteiger partial charge in [-0.15, -0.1) is 0 Å². The largest absolute Gasteiger partial charge is 0.480 e. The van der Waals surface area contributed by atoms with Crippen LogP contribution in [0, 0.1) is 46.4 Å². The number of ether oxygens (including phenoxy) is 2. The summed E-state index contributed by atoms with van der Waals surface area (Å²) in [4.78, 5) is 39.9. The van der Waals surface area contributed by atoms with Crippen molar-refractivity contribution in [3.63, 3.8) is 0 Å². The molecule has 0 spiro atoms. The molecule has 0 bridgehead atoms. The summed E-state index contributed by atoms with van der Waals surface area (Å²) in [5.74, 6) is -0.282. The Balaban J connectivity index is 2.85. The molecule has 1 aliphatic carbocycles. The van der Waals surface area contributed by atoms with E-state index in [1.165, 1.54) is 6.92 Å². The second-order valence-corrected chi connectivity index (χ2v) is 6.31. The van der Waals surface area contributed by atoms with Crippen molar-refractivity contribution in [2.24, 2.45) is 5.92 Å². The van der Waals surface area contributed by atoms with Gasteiger partial charge in [0.1, 0.15) is 19.7 Å². The Morgan fingerprint density at radius 2 is 1.38 bits per heavy atom. The highest BCUT2D eigenvalue weighted by Gasteiger charge is 2.57. The van der Waals surface area contributed by atoms with Crippen molar-refractivity contribution >= 4 is 0 Å². The summed E-state index contributed by atoms with van der Waals surface area (Å²) in [5, 5.41) is 44.2. The fraction of sp³-hybridized carbons (Fsp3) is 1.00. The van der Waals surface area contributed by atoms with Gasteiger partial charge in [0.25, 0.3) is 0 Å². The van der Waals surface area contributed by atoms with E-state index in [1.807, 2.05) is 0 Å². The van der Waals surface area contributed by atoms with Crippen molar-refractivity contribution in [3.8, 4) is 0 Å². The molecule has 1 saturated carbocycles. The minimum Gasteiger partial charge on any atom is -0.337 e. The van der Waals surface area contributed by atoms with Crippen molar-refractivity contribution in [1.82, 2.24) is 0 Å². The second kappa shape index (κ2) is 8.27. The van der Waals surface area contributed by atoms with Gasteiger partial charge in [-0.2, -0.15) is 0 Å². The molecule has 0 aromatic carbocycles. The van der Waals surface area contributed by atoms with Gasteiger partial charge in [-0.05, 0) is 19.3 Å². The SMILES string of the molecule is CCCC(COC(OCC(C)([N+](=O)[O-])[N+](=O)[O-])C1CC1)([N+](=O)[O-])[N+](=O)[O-]. The molecule has 1 atom stereocenters. The molecular formula is C12H20N4O10. The number of hydrogen-bond acceptors (Lipinski definition) is 10. The Morgan fingerprint density at radius 1 is 0.923 bits per heavy atom. The number of nitro groups is 4. The third kappa shape index (κ3) is 4.57. The zero-order valence-corrected chi connectivity index (χ0v) is 14.3. The highest BCUT2D eigenvalue weighted by Crippen LogP contribution is 2.36. The highest BCUT2D eigenvalue weighted by atomic mass is 16.7. The maximum absolute atomic E-state index is 11.2. The van der Waals surface area contributed by atoms with Crippen LogP contribution in [-0.4, -0.2) is 50.5 Å². The summed E-state index contributed by atoms with van der Waals surface area (Å²) in [6.07, 6.45) is -0.302. The van der Waals surface area contributed by atoms with E-state index in [4.69, 9.17) is 9.47 Å². The molecule has 0 aromatic heterocycles. The highest BCUT2D eigenvalue weighted by molar-refractivity contribution is 4.79. The molecule has 14 heteroatoms. The van der Waals surface area contributed by atoms with Crippen LogP contribution >= 0.6 is 0 Å². The van der Waals surface area contributed by atoms with Crippen molar-refractivity contribution in [2.75, 3.05) is 13.2 Å². The van der Waals surface area contributed by atoms with Gasteiger partial charge in [-0.25, -0.2) is 0 Å². The monoisotopic (exact) mass is 380 g/mol. The lowest BCUT2D eigenvalue weighted by Gasteiger charge is -2.23. The Kier molecular flexibility index (Phi) is 6.86. The van der Waals surface area contributed by atoms with Crippen LogP contribution < -0.4 is 0 Å². The standard InChI is InChI=1S/C12H20N4O10/c1-3-6-12(15(21)22,16(23)24)8-26-10(9-4-5-9)25-7-11(2,13(17)18)14(19)20/h9-10H,3-8H2,1-2H3. The molecule has 148 valence electrons. The van der Waals surface area contributed by atoms with E-state index in [-0.39, 0.29) is 18.8 Å². The van der Waals surface area contributed by atoms with Crippen molar-refractivity contribution < 1.29 is 29.2 Å². The van der Waals surface area contributed by atoms with Crippen LogP contribution in [0.2, 0.25) is 0 Å². The first-order valence-electron chi connectivity index (χ1n) is 7.82. The van der Waals surface area contributed by atoms with Crippen molar-refractivity contribution in [2.45, 2.75) is 57.1 Å². The smallest absolute Gasteiger partial charge is 0.337 e.